The maximum Gasteiger partial charge on any atom is 0.309 e. The number of amides is 1. The number of hydrogen-bond acceptors (Lipinski definition) is 4. The molecule has 0 atom stereocenters. The highest BCUT2D eigenvalue weighted by Crippen LogP contribution is 2.32. The number of nitrogens with one attached hydrogen (secondary N) is 1. The largest absolute Gasteiger partial charge is 0.493 e. The van der Waals surface area contributed by atoms with Crippen LogP contribution in [-0.2, 0) is 14.3 Å². The number of carbonyl (C=O) groups excluding carboxylic acids is 2. The van der Waals surface area contributed by atoms with E-state index >= 15 is 0 Å². The van der Waals surface area contributed by atoms with Crippen LogP contribution in [0.1, 0.15) is 17.5 Å². The molecule has 2 aromatic rings. The molecule has 5 nitrogen and oxygen atoms in total. The Morgan fingerprint density at radius 2 is 1.88 bits per heavy atom. The van der Waals surface area contributed by atoms with Crippen molar-refractivity contribution in [3.05, 3.63) is 57.6 Å². The van der Waals surface area contributed by atoms with Crippen LogP contribution in [0.5, 0.6) is 5.75 Å². The van der Waals surface area contributed by atoms with Gasteiger partial charge in [-0.15, -0.1) is 0 Å². The average molecular weight is 396 g/mol. The minimum absolute atomic E-state index is 0.0349. The first-order valence-corrected chi connectivity index (χ1v) is 8.72. The number of hydrogen-bond donors (Lipinski definition) is 1. The van der Waals surface area contributed by atoms with E-state index in [1.807, 2.05) is 25.1 Å². The number of ether oxygens (including phenoxy) is 2. The third kappa shape index (κ3) is 5.93. The van der Waals surface area contributed by atoms with Gasteiger partial charge in [-0.1, -0.05) is 41.4 Å². The van der Waals surface area contributed by atoms with Gasteiger partial charge in [0.05, 0.1) is 28.8 Å². The number of benzene rings is 2. The molecule has 0 aliphatic rings. The molecule has 0 aliphatic carbocycles. The van der Waals surface area contributed by atoms with Gasteiger partial charge in [-0.3, -0.25) is 9.59 Å². The standard InChI is InChI=1S/C19H19Cl2NO4/c1-12-4-3-5-14(10-12)25-9-8-17(24)26-11-16(23)22-19-15(20)7-6-13(2)18(19)21/h3-7,10H,8-9,11H2,1-2H3,(H,22,23). The molecule has 0 saturated heterocycles. The maximum absolute atomic E-state index is 11.9. The first-order valence-electron chi connectivity index (χ1n) is 7.96. The first-order chi connectivity index (χ1) is 12.4. The molecule has 1 N–H and O–H groups in total. The topological polar surface area (TPSA) is 64.6 Å². The molecule has 7 heteroatoms. The van der Waals surface area contributed by atoms with E-state index in [0.717, 1.165) is 11.1 Å². The Labute approximate surface area is 162 Å². The van der Waals surface area contributed by atoms with Crippen LogP contribution in [0.25, 0.3) is 0 Å². The molecular weight excluding hydrogens is 377 g/mol. The van der Waals surface area contributed by atoms with Crippen LogP contribution in [0.15, 0.2) is 36.4 Å². The van der Waals surface area contributed by atoms with Gasteiger partial charge < -0.3 is 14.8 Å². The summed E-state index contributed by atoms with van der Waals surface area (Å²) in [5, 5.41) is 3.21. The van der Waals surface area contributed by atoms with Gasteiger partial charge >= 0.3 is 5.97 Å². The van der Waals surface area contributed by atoms with Crippen molar-refractivity contribution in [2.45, 2.75) is 20.3 Å². The second kappa shape index (κ2) is 9.46. The number of rotatable bonds is 7. The number of esters is 1. The van der Waals surface area contributed by atoms with E-state index in [1.165, 1.54) is 0 Å². The number of halogens is 2. The third-order valence-corrected chi connectivity index (χ3v) is 4.28. The van der Waals surface area contributed by atoms with Gasteiger partial charge in [-0.2, -0.15) is 0 Å². The molecular formula is C19H19Cl2NO4. The fraction of sp³-hybridized carbons (Fsp3) is 0.263. The Kier molecular flexibility index (Phi) is 7.30. The zero-order valence-electron chi connectivity index (χ0n) is 14.5. The summed E-state index contributed by atoms with van der Waals surface area (Å²) in [7, 11) is 0. The summed E-state index contributed by atoms with van der Waals surface area (Å²) < 4.78 is 10.4. The normalized spacial score (nSPS) is 10.3. The molecule has 0 aliphatic heterocycles. The molecule has 0 saturated carbocycles. The van der Waals surface area contributed by atoms with Gasteiger partial charge in [0.15, 0.2) is 6.61 Å². The Morgan fingerprint density at radius 1 is 1.12 bits per heavy atom. The first kappa shape index (κ1) is 20.1. The van der Waals surface area contributed by atoms with Crippen LogP contribution < -0.4 is 10.1 Å². The van der Waals surface area contributed by atoms with E-state index in [9.17, 15) is 9.59 Å². The molecule has 138 valence electrons. The van der Waals surface area contributed by atoms with Crippen molar-refractivity contribution in [3.8, 4) is 5.75 Å². The van der Waals surface area contributed by atoms with Gasteiger partial charge in [-0.05, 0) is 43.2 Å². The summed E-state index contributed by atoms with van der Waals surface area (Å²) in [4.78, 5) is 23.6. The zero-order valence-corrected chi connectivity index (χ0v) is 16.0. The molecule has 0 heterocycles. The minimum atomic E-state index is -0.533. The summed E-state index contributed by atoms with van der Waals surface area (Å²) in [5.41, 5.74) is 2.14. The van der Waals surface area contributed by atoms with Crippen LogP contribution in [0.4, 0.5) is 5.69 Å². The van der Waals surface area contributed by atoms with Crippen LogP contribution in [0, 0.1) is 13.8 Å². The lowest BCUT2D eigenvalue weighted by Crippen LogP contribution is -2.22. The van der Waals surface area contributed by atoms with E-state index in [0.29, 0.717) is 21.5 Å². The number of carbonyl (C=O) groups is 2. The van der Waals surface area contributed by atoms with Gasteiger partial charge in [0.1, 0.15) is 5.75 Å². The van der Waals surface area contributed by atoms with Crippen LogP contribution >= 0.6 is 23.2 Å². The Bertz CT molecular complexity index is 808. The van der Waals surface area contributed by atoms with Gasteiger partial charge in [0.25, 0.3) is 5.91 Å². The molecule has 0 bridgehead atoms. The van der Waals surface area contributed by atoms with Gasteiger partial charge in [0.2, 0.25) is 0 Å². The van der Waals surface area contributed by atoms with E-state index in [2.05, 4.69) is 5.32 Å². The smallest absolute Gasteiger partial charge is 0.309 e. The van der Waals surface area contributed by atoms with Crippen molar-refractivity contribution in [3.63, 3.8) is 0 Å². The molecule has 0 fully saturated rings. The fourth-order valence-electron chi connectivity index (χ4n) is 2.12. The minimum Gasteiger partial charge on any atom is -0.493 e. The van der Waals surface area contributed by atoms with Gasteiger partial charge in [-0.25, -0.2) is 0 Å². The Hall–Kier alpha value is -2.24. The summed E-state index contributed by atoms with van der Waals surface area (Å²) in [6.07, 6.45) is 0.0349. The van der Waals surface area contributed by atoms with Crippen molar-refractivity contribution in [2.24, 2.45) is 0 Å². The maximum atomic E-state index is 11.9. The lowest BCUT2D eigenvalue weighted by Gasteiger charge is -2.11. The van der Waals surface area contributed by atoms with Crippen molar-refractivity contribution >= 4 is 40.8 Å². The van der Waals surface area contributed by atoms with Gasteiger partial charge in [0, 0.05) is 0 Å². The van der Waals surface area contributed by atoms with E-state index in [4.69, 9.17) is 32.7 Å². The second-order valence-corrected chi connectivity index (χ2v) is 6.46. The lowest BCUT2D eigenvalue weighted by molar-refractivity contribution is -0.147. The average Bonchev–Trinajstić information content (AvgIpc) is 2.60. The summed E-state index contributed by atoms with van der Waals surface area (Å²) >= 11 is 12.1. The van der Waals surface area contributed by atoms with E-state index in [-0.39, 0.29) is 13.0 Å². The number of aryl methyl sites for hydroxylation is 2. The Balaban J connectivity index is 1.75. The third-order valence-electron chi connectivity index (χ3n) is 3.48. The van der Waals surface area contributed by atoms with E-state index in [1.54, 1.807) is 25.1 Å². The van der Waals surface area contributed by atoms with Crippen LogP contribution in [0.3, 0.4) is 0 Å². The van der Waals surface area contributed by atoms with Crippen LogP contribution in [-0.4, -0.2) is 25.1 Å². The highest BCUT2D eigenvalue weighted by molar-refractivity contribution is 6.40. The molecule has 2 rings (SSSR count). The number of anilines is 1. The summed E-state index contributed by atoms with van der Waals surface area (Å²) in [5.74, 6) is -0.374. The summed E-state index contributed by atoms with van der Waals surface area (Å²) in [6.45, 7) is 3.48. The molecule has 0 spiro atoms. The predicted octanol–water partition coefficient (Wildman–Crippen LogP) is 4.56. The Morgan fingerprint density at radius 3 is 2.62 bits per heavy atom. The van der Waals surface area contributed by atoms with Crippen molar-refractivity contribution in [1.29, 1.82) is 0 Å². The van der Waals surface area contributed by atoms with Crippen LogP contribution in [0.2, 0.25) is 10.0 Å². The van der Waals surface area contributed by atoms with Crippen molar-refractivity contribution in [1.82, 2.24) is 0 Å². The summed E-state index contributed by atoms with van der Waals surface area (Å²) in [6, 6.07) is 10.9. The molecule has 0 unspecified atom stereocenters. The van der Waals surface area contributed by atoms with Crippen molar-refractivity contribution in [2.75, 3.05) is 18.5 Å². The molecule has 26 heavy (non-hydrogen) atoms. The highest BCUT2D eigenvalue weighted by atomic mass is 35.5. The second-order valence-electron chi connectivity index (χ2n) is 5.68. The lowest BCUT2D eigenvalue weighted by atomic mass is 10.2. The predicted molar refractivity (Wildman–Crippen MR) is 102 cm³/mol. The van der Waals surface area contributed by atoms with E-state index < -0.39 is 18.5 Å². The zero-order chi connectivity index (χ0) is 19.1. The van der Waals surface area contributed by atoms with Crippen molar-refractivity contribution < 1.29 is 19.1 Å². The quantitative estimate of drug-likeness (QED) is 0.697. The molecule has 1 amide bonds. The highest BCUT2D eigenvalue weighted by Gasteiger charge is 2.13. The molecule has 0 aromatic heterocycles. The SMILES string of the molecule is Cc1cccc(OCCC(=O)OCC(=O)Nc2c(Cl)ccc(C)c2Cl)c1. The fourth-order valence-corrected chi connectivity index (χ4v) is 2.59. The molecule has 2 aromatic carbocycles. The molecule has 0 radical (unpaired) electrons. The monoisotopic (exact) mass is 395 g/mol.